The minimum atomic E-state index is -1.97. The van der Waals surface area contributed by atoms with Crippen molar-refractivity contribution in [2.24, 2.45) is 17.8 Å². The van der Waals surface area contributed by atoms with Crippen molar-refractivity contribution in [3.8, 4) is 0 Å². The summed E-state index contributed by atoms with van der Waals surface area (Å²) in [5.74, 6) is 0.659. The zero-order valence-corrected chi connectivity index (χ0v) is 50.3. The van der Waals surface area contributed by atoms with Gasteiger partial charge in [0, 0.05) is 18.2 Å². The number of rotatable bonds is 18. The lowest BCUT2D eigenvalue weighted by Crippen LogP contribution is -2.52. The molecule has 0 aromatic carbocycles. The van der Waals surface area contributed by atoms with Crippen molar-refractivity contribution >= 4 is 62.4 Å². The molecule has 0 bridgehead atoms. The number of allylic oxidation sites excluding steroid dienone is 4. The lowest BCUT2D eigenvalue weighted by molar-refractivity contribution is -0.164. The monoisotopic (exact) mass is 985 g/mol. The summed E-state index contributed by atoms with van der Waals surface area (Å²) in [5, 5.41) is 0.448. The molecule has 64 heavy (non-hydrogen) atoms. The number of ketones is 2. The summed E-state index contributed by atoms with van der Waals surface area (Å²) in [5.41, 5.74) is 2.87. The van der Waals surface area contributed by atoms with E-state index in [4.69, 9.17) is 29.3 Å². The summed E-state index contributed by atoms with van der Waals surface area (Å²) in [6.07, 6.45) is 10.1. The number of hydrogen-bond donors (Lipinski definition) is 0. The second-order valence-corrected chi connectivity index (χ2v) is 42.8. The van der Waals surface area contributed by atoms with Crippen molar-refractivity contribution in [3.63, 3.8) is 0 Å². The first-order valence-electron chi connectivity index (χ1n) is 23.7. The Morgan fingerprint density at radius 2 is 1.08 bits per heavy atom. The highest BCUT2D eigenvalue weighted by Gasteiger charge is 2.46. The van der Waals surface area contributed by atoms with Gasteiger partial charge in [0.25, 0.3) is 0 Å². The first-order chi connectivity index (χ1) is 28.5. The van der Waals surface area contributed by atoms with Crippen LogP contribution >= 0.6 is 11.6 Å². The quantitative estimate of drug-likeness (QED) is 0.0440. The van der Waals surface area contributed by atoms with Gasteiger partial charge in [0.2, 0.25) is 5.60 Å². The van der Waals surface area contributed by atoms with Crippen LogP contribution in [0.15, 0.2) is 47.6 Å². The van der Waals surface area contributed by atoms with Crippen molar-refractivity contribution in [3.05, 3.63) is 47.6 Å². The smallest absolute Gasteiger partial charge is 0.344 e. The zero-order valence-electron chi connectivity index (χ0n) is 45.5. The zero-order chi connectivity index (χ0) is 50.8. The van der Waals surface area contributed by atoms with Gasteiger partial charge >= 0.3 is 5.97 Å². The molecule has 0 aromatic rings. The van der Waals surface area contributed by atoms with Gasteiger partial charge in [-0.05, 0) is 165 Å². The molecule has 13 heteroatoms. The Kier molecular flexibility index (Phi) is 23.9. The van der Waals surface area contributed by atoms with Gasteiger partial charge in [-0.25, -0.2) is 4.79 Å². The number of ether oxygens (including phenoxy) is 1. The second-order valence-electron chi connectivity index (χ2n) is 24.1. The molecule has 0 N–H and O–H groups in total. The maximum absolute atomic E-state index is 13.1. The van der Waals surface area contributed by atoms with Crippen molar-refractivity contribution in [2.75, 3.05) is 13.0 Å². The highest BCUT2D eigenvalue weighted by molar-refractivity contribution is 6.74. The Labute approximate surface area is 403 Å². The SMILES string of the molecule is C=C(CCl)[C@@H]1CC=C(C)[C@H](O[Si](C)(C)C(C)(C)C)C1.C=C(C[C@@H](C)C(=O)C(C)(C)O[Si](C)(C)C)[C@@H]1CC=C(C)[C@H](O[Si](C)(C)C(C)(C)C)C1.CCC(=O)[C@](C)(O[Si](C)(C)C)C(=O)OC. The van der Waals surface area contributed by atoms with Gasteiger partial charge in [-0.2, -0.15) is 0 Å². The molecule has 0 amide bonds. The molecule has 0 aliphatic heterocycles. The molecule has 0 radical (unpaired) electrons. The molecule has 2 rings (SSSR count). The van der Waals surface area contributed by atoms with E-state index in [0.29, 0.717) is 17.7 Å². The van der Waals surface area contributed by atoms with E-state index in [-0.39, 0.29) is 46.2 Å². The lowest BCUT2D eigenvalue weighted by atomic mass is 9.79. The summed E-state index contributed by atoms with van der Waals surface area (Å²) in [7, 11) is -6.05. The van der Waals surface area contributed by atoms with Crippen LogP contribution in [0.4, 0.5) is 0 Å². The van der Waals surface area contributed by atoms with Crippen LogP contribution in [0.25, 0.3) is 0 Å². The fourth-order valence-corrected chi connectivity index (χ4v) is 13.5. The van der Waals surface area contributed by atoms with E-state index < -0.39 is 50.4 Å². The third-order valence-electron chi connectivity index (χ3n) is 13.4. The van der Waals surface area contributed by atoms with Gasteiger partial charge in [-0.15, -0.1) is 11.6 Å². The molecule has 2 aliphatic rings. The van der Waals surface area contributed by atoms with Crippen LogP contribution < -0.4 is 0 Å². The summed E-state index contributed by atoms with van der Waals surface area (Å²) >= 11 is 5.92. The fraction of sp³-hybridized carbons (Fsp3) is 0.784. The normalized spacial score (nSPS) is 21.6. The molecule has 0 aromatic heterocycles. The molecule has 0 spiro atoms. The van der Waals surface area contributed by atoms with Gasteiger partial charge < -0.3 is 22.4 Å². The van der Waals surface area contributed by atoms with E-state index in [1.807, 2.05) is 40.4 Å². The average molecular weight is 986 g/mol. The minimum absolute atomic E-state index is 0.0874. The van der Waals surface area contributed by atoms with E-state index in [1.54, 1.807) is 6.92 Å². The van der Waals surface area contributed by atoms with Gasteiger partial charge in [-0.1, -0.05) is 91.8 Å². The third kappa shape index (κ3) is 19.8. The van der Waals surface area contributed by atoms with Crippen LogP contribution in [0, 0.1) is 17.8 Å². The fourth-order valence-electron chi connectivity index (χ4n) is 7.54. The average Bonchev–Trinajstić information content (AvgIpc) is 3.12. The van der Waals surface area contributed by atoms with E-state index >= 15 is 0 Å². The van der Waals surface area contributed by atoms with Gasteiger partial charge in [0.05, 0.1) is 19.3 Å². The van der Waals surface area contributed by atoms with Gasteiger partial charge in [0.15, 0.2) is 44.8 Å². The summed E-state index contributed by atoms with van der Waals surface area (Å²) < 4.78 is 29.8. The summed E-state index contributed by atoms with van der Waals surface area (Å²) in [4.78, 5) is 36.4. The maximum atomic E-state index is 13.1. The molecule has 372 valence electrons. The topological polar surface area (TPSA) is 97.4 Å². The second kappa shape index (κ2) is 24.4. The highest BCUT2D eigenvalue weighted by Crippen LogP contribution is 2.43. The number of halogens is 1. The van der Waals surface area contributed by atoms with Crippen molar-refractivity contribution in [1.29, 1.82) is 0 Å². The molecule has 0 saturated carbocycles. The molecular weight excluding hydrogens is 888 g/mol. The third-order valence-corrected chi connectivity index (χ3v) is 24.8. The molecule has 0 heterocycles. The molecule has 0 fully saturated rings. The lowest BCUT2D eigenvalue weighted by Gasteiger charge is -2.42. The largest absolute Gasteiger partial charge is 0.467 e. The van der Waals surface area contributed by atoms with Gasteiger partial charge in [-0.3, -0.25) is 9.59 Å². The Balaban J connectivity index is 0.00000100. The summed E-state index contributed by atoms with van der Waals surface area (Å²) in [6.45, 7) is 57.1. The predicted octanol–water partition coefficient (Wildman–Crippen LogP) is 14.8. The number of Topliss-reactive ketones (excluding diaryl/α,β-unsaturated/α-hetero) is 2. The van der Waals surface area contributed by atoms with E-state index in [1.165, 1.54) is 30.8 Å². The molecular formula is C51H97ClO8Si4. The first-order valence-corrected chi connectivity index (χ1v) is 36.9. The number of carbonyl (C=O) groups is 3. The van der Waals surface area contributed by atoms with E-state index in [9.17, 15) is 14.4 Å². The van der Waals surface area contributed by atoms with Crippen molar-refractivity contribution in [2.45, 2.75) is 227 Å². The van der Waals surface area contributed by atoms with E-state index in [0.717, 1.165) is 37.7 Å². The number of carbonyl (C=O) groups excluding carboxylic acids is 3. The Bertz CT molecular complexity index is 1640. The molecule has 8 nitrogen and oxygen atoms in total. The number of methoxy groups -OCH3 is 1. The van der Waals surface area contributed by atoms with Crippen molar-refractivity contribution < 1.29 is 36.8 Å². The van der Waals surface area contributed by atoms with Crippen LogP contribution in [-0.2, 0) is 36.8 Å². The van der Waals surface area contributed by atoms with Crippen LogP contribution in [0.5, 0.6) is 0 Å². The molecule has 2 aliphatic carbocycles. The highest BCUT2D eigenvalue weighted by atomic mass is 35.5. The van der Waals surface area contributed by atoms with Crippen molar-refractivity contribution in [1.82, 2.24) is 0 Å². The Morgan fingerprint density at radius 3 is 1.39 bits per heavy atom. The van der Waals surface area contributed by atoms with Crippen LogP contribution in [0.1, 0.15) is 129 Å². The molecule has 0 saturated heterocycles. The van der Waals surface area contributed by atoms with Gasteiger partial charge in [0.1, 0.15) is 5.60 Å². The summed E-state index contributed by atoms with van der Waals surface area (Å²) in [6, 6.07) is 0. The minimum Gasteiger partial charge on any atom is -0.467 e. The Morgan fingerprint density at radius 1 is 0.703 bits per heavy atom. The molecule has 6 atom stereocenters. The number of hydrogen-bond acceptors (Lipinski definition) is 8. The van der Waals surface area contributed by atoms with E-state index in [2.05, 4.69) is 131 Å². The first kappa shape index (κ1) is 62.8. The van der Waals surface area contributed by atoms with Crippen LogP contribution in [0.2, 0.25) is 75.5 Å². The van der Waals surface area contributed by atoms with Crippen LogP contribution in [-0.4, -0.2) is 87.2 Å². The Hall–Kier alpha value is -1.23. The number of alkyl halides is 1. The molecule has 0 unspecified atom stereocenters. The standard InChI is InChI=1S/C25H48O3Si2.C16H29ClOSi.C10H20O4Si/c1-18-14-15-21(17-22(18)27-30(12,13)24(4,5)6)19(2)16-20(3)23(26)25(7,8)28-29(9,10)11;1-12-8-9-14(13(2)11-17)10-15(12)18-19(6,7)16(3,4)5;1-7-8(11)10(2,9(12)13-3)14-15(4,5)6/h14,20-22H,2,15-17H2,1,3-13H3;8,14-15H,2,9-11H2,1,3-7H3;7H2,1-6H3/t20-,21-,22-;14-,15-;10-/m110/s1. The number of esters is 1. The predicted molar refractivity (Wildman–Crippen MR) is 284 cm³/mol. The van der Waals surface area contributed by atoms with Crippen LogP contribution in [0.3, 0.4) is 0 Å². The maximum Gasteiger partial charge on any atom is 0.344 e.